The van der Waals surface area contributed by atoms with Crippen molar-refractivity contribution in [2.75, 3.05) is 6.54 Å². The summed E-state index contributed by atoms with van der Waals surface area (Å²) in [7, 11) is 0. The topological polar surface area (TPSA) is 41.9 Å². The summed E-state index contributed by atoms with van der Waals surface area (Å²) in [6.45, 7) is -0.812. The van der Waals surface area contributed by atoms with Crippen LogP contribution >= 0.6 is 0 Å². The van der Waals surface area contributed by atoms with Gasteiger partial charge in [0.25, 0.3) is 0 Å². The molecule has 194 valence electrons. The van der Waals surface area contributed by atoms with Gasteiger partial charge in [-0.15, -0.1) is 0 Å². The van der Waals surface area contributed by atoms with Gasteiger partial charge in [-0.2, -0.15) is 30.7 Å². The molecular weight excluding hydrogens is 471 g/mol. The number of rotatable bonds is 10. The van der Waals surface area contributed by atoms with Crippen LogP contribution in [-0.4, -0.2) is 59.6 Å². The Bertz CT molecular complexity index is 771. The molecular formula is C23H30F7NO3. The SMILES string of the molecule is OC(CN(Cc1cccc(OC(F)(F)C(F)F)c1)C1CCCC(OC2CCCC2)C1)C(F)(F)F. The Morgan fingerprint density at radius 3 is 2.29 bits per heavy atom. The standard InChI is InChI=1S/C23H30F7NO3/c24-21(25)23(29,30)34-19-10-3-5-15(11-19)13-31(14-20(32)22(26,27)28)16-6-4-9-18(12-16)33-17-7-1-2-8-17/h3,5,10-11,16-18,20-21,32H,1-2,4,6-9,12-14H2. The molecule has 34 heavy (non-hydrogen) atoms. The van der Waals surface area contributed by atoms with Gasteiger partial charge in [-0.3, -0.25) is 4.90 Å². The van der Waals surface area contributed by atoms with Gasteiger partial charge in [-0.25, -0.2) is 0 Å². The van der Waals surface area contributed by atoms with Crippen molar-refractivity contribution in [2.24, 2.45) is 0 Å². The zero-order chi connectivity index (χ0) is 24.9. The smallest absolute Gasteiger partial charge is 0.428 e. The van der Waals surface area contributed by atoms with Gasteiger partial charge in [-0.1, -0.05) is 25.0 Å². The Labute approximate surface area is 194 Å². The second kappa shape index (κ2) is 11.4. The van der Waals surface area contributed by atoms with Gasteiger partial charge in [0, 0.05) is 19.1 Å². The van der Waals surface area contributed by atoms with E-state index in [0.29, 0.717) is 18.4 Å². The zero-order valence-corrected chi connectivity index (χ0v) is 18.6. The lowest BCUT2D eigenvalue weighted by atomic mass is 9.90. The van der Waals surface area contributed by atoms with E-state index in [0.717, 1.165) is 50.7 Å². The molecule has 0 heterocycles. The van der Waals surface area contributed by atoms with Crippen LogP contribution in [0.2, 0.25) is 0 Å². The fourth-order valence-corrected chi connectivity index (χ4v) is 4.68. The van der Waals surface area contributed by atoms with E-state index in [1.807, 2.05) is 0 Å². The third-order valence-corrected chi connectivity index (χ3v) is 6.38. The van der Waals surface area contributed by atoms with E-state index in [1.54, 1.807) is 0 Å². The Kier molecular flexibility index (Phi) is 9.08. The van der Waals surface area contributed by atoms with Crippen LogP contribution < -0.4 is 4.74 Å². The third-order valence-electron chi connectivity index (χ3n) is 6.38. The second-order valence-electron chi connectivity index (χ2n) is 9.08. The normalized spacial score (nSPS) is 23.6. The van der Waals surface area contributed by atoms with E-state index in [1.165, 1.54) is 17.0 Å². The minimum absolute atomic E-state index is 0.105. The molecule has 0 amide bonds. The average molecular weight is 501 g/mol. The summed E-state index contributed by atoms with van der Waals surface area (Å²) < 4.78 is 101. The van der Waals surface area contributed by atoms with Gasteiger partial charge in [-0.05, 0) is 56.2 Å². The lowest BCUT2D eigenvalue weighted by molar-refractivity contribution is -0.253. The van der Waals surface area contributed by atoms with E-state index in [4.69, 9.17) is 4.74 Å². The molecule has 2 fully saturated rings. The van der Waals surface area contributed by atoms with Gasteiger partial charge in [0.2, 0.25) is 0 Å². The Balaban J connectivity index is 1.73. The zero-order valence-electron chi connectivity index (χ0n) is 18.6. The van der Waals surface area contributed by atoms with Crippen LogP contribution in [0, 0.1) is 0 Å². The number of halogens is 7. The first-order valence-electron chi connectivity index (χ1n) is 11.5. The molecule has 4 nitrogen and oxygen atoms in total. The highest BCUT2D eigenvalue weighted by atomic mass is 19.4. The Morgan fingerprint density at radius 1 is 0.971 bits per heavy atom. The number of aliphatic hydroxyl groups excluding tert-OH is 1. The molecule has 1 aromatic rings. The van der Waals surface area contributed by atoms with Crippen LogP contribution in [0.15, 0.2) is 24.3 Å². The van der Waals surface area contributed by atoms with Gasteiger partial charge >= 0.3 is 18.7 Å². The van der Waals surface area contributed by atoms with Crippen LogP contribution in [0.25, 0.3) is 0 Å². The largest absolute Gasteiger partial charge is 0.461 e. The monoisotopic (exact) mass is 501 g/mol. The summed E-state index contributed by atoms with van der Waals surface area (Å²) in [5, 5.41) is 9.72. The lowest BCUT2D eigenvalue weighted by Crippen LogP contribution is -2.47. The molecule has 3 atom stereocenters. The predicted octanol–water partition coefficient (Wildman–Crippen LogP) is 5.92. The van der Waals surface area contributed by atoms with Gasteiger partial charge in [0.1, 0.15) is 5.75 Å². The van der Waals surface area contributed by atoms with Crippen LogP contribution in [0.1, 0.15) is 56.9 Å². The van der Waals surface area contributed by atoms with E-state index in [2.05, 4.69) is 4.74 Å². The van der Waals surface area contributed by atoms with Crippen molar-refractivity contribution in [1.82, 2.24) is 4.90 Å². The first kappa shape index (κ1) is 27.0. The molecule has 0 aliphatic heterocycles. The van der Waals surface area contributed by atoms with Crippen LogP contribution in [0.3, 0.4) is 0 Å². The van der Waals surface area contributed by atoms with Gasteiger partial charge in [0.05, 0.1) is 12.2 Å². The van der Waals surface area contributed by atoms with Gasteiger partial charge < -0.3 is 14.6 Å². The lowest BCUT2D eigenvalue weighted by Gasteiger charge is -2.39. The van der Waals surface area contributed by atoms with Crippen molar-refractivity contribution in [3.05, 3.63) is 29.8 Å². The maximum Gasteiger partial charge on any atom is 0.461 e. The maximum atomic E-state index is 13.3. The van der Waals surface area contributed by atoms with E-state index in [-0.39, 0.29) is 24.8 Å². The van der Waals surface area contributed by atoms with Crippen LogP contribution in [0.4, 0.5) is 30.7 Å². The molecule has 0 aromatic heterocycles. The summed E-state index contributed by atoms with van der Waals surface area (Å²) in [4.78, 5) is 1.46. The molecule has 0 radical (unpaired) electrons. The molecule has 3 unspecified atom stereocenters. The summed E-state index contributed by atoms with van der Waals surface area (Å²) in [6, 6.07) is 4.62. The number of ether oxygens (including phenoxy) is 2. The maximum absolute atomic E-state index is 13.3. The van der Waals surface area contributed by atoms with Gasteiger partial charge in [0.15, 0.2) is 6.10 Å². The molecule has 2 saturated carbocycles. The van der Waals surface area contributed by atoms with Crippen molar-refractivity contribution < 1.29 is 45.3 Å². The fourth-order valence-electron chi connectivity index (χ4n) is 4.68. The minimum atomic E-state index is -4.82. The highest BCUT2D eigenvalue weighted by Crippen LogP contribution is 2.33. The van der Waals surface area contributed by atoms with Crippen molar-refractivity contribution in [3.63, 3.8) is 0 Å². The third kappa shape index (κ3) is 7.71. The van der Waals surface area contributed by atoms with Crippen molar-refractivity contribution in [1.29, 1.82) is 0 Å². The summed E-state index contributed by atoms with van der Waals surface area (Å²) in [5.74, 6) is -0.523. The number of aliphatic hydroxyl groups is 1. The molecule has 0 bridgehead atoms. The number of benzene rings is 1. The average Bonchev–Trinajstić information content (AvgIpc) is 3.25. The van der Waals surface area contributed by atoms with E-state index in [9.17, 15) is 35.8 Å². The molecule has 2 aliphatic rings. The Hall–Kier alpha value is -1.59. The van der Waals surface area contributed by atoms with Crippen molar-refractivity contribution in [3.8, 4) is 5.75 Å². The fraction of sp³-hybridized carbons (Fsp3) is 0.739. The molecule has 11 heteroatoms. The van der Waals surface area contributed by atoms with E-state index < -0.39 is 37.1 Å². The first-order chi connectivity index (χ1) is 15.9. The number of nitrogens with zero attached hydrogens (tertiary/aromatic N) is 1. The van der Waals surface area contributed by atoms with E-state index >= 15 is 0 Å². The molecule has 3 rings (SSSR count). The number of hydrogen-bond donors (Lipinski definition) is 1. The van der Waals surface area contributed by atoms with Crippen LogP contribution in [0.5, 0.6) is 5.75 Å². The highest BCUT2D eigenvalue weighted by Gasteiger charge is 2.44. The molecule has 2 aliphatic carbocycles. The second-order valence-corrected chi connectivity index (χ2v) is 9.08. The predicted molar refractivity (Wildman–Crippen MR) is 110 cm³/mol. The number of alkyl halides is 7. The van der Waals surface area contributed by atoms with Crippen molar-refractivity contribution in [2.45, 2.75) is 101 Å². The molecule has 0 saturated heterocycles. The summed E-state index contributed by atoms with van der Waals surface area (Å²) >= 11 is 0. The highest BCUT2D eigenvalue weighted by molar-refractivity contribution is 5.29. The molecule has 0 spiro atoms. The summed E-state index contributed by atoms with van der Waals surface area (Å²) in [5.41, 5.74) is 0.302. The van der Waals surface area contributed by atoms with Crippen molar-refractivity contribution >= 4 is 0 Å². The first-order valence-corrected chi connectivity index (χ1v) is 11.5. The molecule has 1 aromatic carbocycles. The molecule has 1 N–H and O–H groups in total. The van der Waals surface area contributed by atoms with Crippen LogP contribution in [-0.2, 0) is 11.3 Å². The Morgan fingerprint density at radius 2 is 1.65 bits per heavy atom. The quantitative estimate of drug-likeness (QED) is 0.405. The minimum Gasteiger partial charge on any atom is -0.428 e. The summed E-state index contributed by atoms with van der Waals surface area (Å²) in [6.07, 6.45) is -9.36. The number of hydrogen-bond acceptors (Lipinski definition) is 4.